The van der Waals surface area contributed by atoms with Gasteiger partial charge in [-0.1, -0.05) is 256 Å². The maximum Gasteiger partial charge on any atom is 0.306 e. The quantitative estimate of drug-likeness (QED) is 0.0261. The topological polar surface area (TPSA) is 78.9 Å². The van der Waals surface area contributed by atoms with E-state index in [1.165, 1.54) is 51.4 Å². The number of ether oxygens (including phenoxy) is 3. The van der Waals surface area contributed by atoms with E-state index in [2.05, 4.69) is 167 Å². The van der Waals surface area contributed by atoms with Crippen LogP contribution >= 0.6 is 0 Å². The number of esters is 3. The van der Waals surface area contributed by atoms with Gasteiger partial charge < -0.3 is 14.2 Å². The van der Waals surface area contributed by atoms with E-state index in [1.54, 1.807) is 0 Å². The summed E-state index contributed by atoms with van der Waals surface area (Å²) < 4.78 is 16.8. The van der Waals surface area contributed by atoms with Gasteiger partial charge in [-0.3, -0.25) is 14.4 Å². The average Bonchev–Trinajstić information content (AvgIpc) is 3.41. The van der Waals surface area contributed by atoms with E-state index in [-0.39, 0.29) is 31.1 Å². The highest BCUT2D eigenvalue weighted by Crippen LogP contribution is 2.14. The minimum atomic E-state index is -0.793. The molecule has 1 unspecified atom stereocenters. The number of hydrogen-bond acceptors (Lipinski definition) is 6. The van der Waals surface area contributed by atoms with E-state index in [0.29, 0.717) is 19.3 Å². The van der Waals surface area contributed by atoms with Gasteiger partial charge in [0.05, 0.1) is 0 Å². The average molecular weight is 1040 g/mol. The molecule has 0 aliphatic rings. The van der Waals surface area contributed by atoms with Crippen LogP contribution in [-0.4, -0.2) is 37.2 Å². The van der Waals surface area contributed by atoms with Gasteiger partial charge in [-0.15, -0.1) is 0 Å². The van der Waals surface area contributed by atoms with Crippen molar-refractivity contribution < 1.29 is 28.6 Å². The summed E-state index contributed by atoms with van der Waals surface area (Å²) in [5, 5.41) is 0. The molecule has 0 heterocycles. The Labute approximate surface area is 461 Å². The van der Waals surface area contributed by atoms with E-state index in [9.17, 15) is 14.4 Å². The molecule has 0 amide bonds. The Morgan fingerprint density at radius 2 is 0.520 bits per heavy atom. The molecule has 75 heavy (non-hydrogen) atoms. The van der Waals surface area contributed by atoms with E-state index >= 15 is 0 Å². The lowest BCUT2D eigenvalue weighted by Crippen LogP contribution is -2.30. The van der Waals surface area contributed by atoms with Gasteiger partial charge in [-0.05, 0) is 122 Å². The summed E-state index contributed by atoms with van der Waals surface area (Å²) in [6.45, 7) is 6.33. The van der Waals surface area contributed by atoms with Gasteiger partial charge in [0.2, 0.25) is 0 Å². The van der Waals surface area contributed by atoms with Crippen LogP contribution in [-0.2, 0) is 28.6 Å². The highest BCUT2D eigenvalue weighted by Gasteiger charge is 2.19. The molecular formula is C69H110O6. The zero-order valence-electron chi connectivity index (χ0n) is 48.3. The fourth-order valence-corrected chi connectivity index (χ4v) is 7.86. The Balaban J connectivity index is 4.16. The summed E-state index contributed by atoms with van der Waals surface area (Å²) >= 11 is 0. The predicted molar refractivity (Wildman–Crippen MR) is 325 cm³/mol. The first-order valence-electron chi connectivity index (χ1n) is 30.3. The molecule has 6 nitrogen and oxygen atoms in total. The molecule has 0 saturated heterocycles. The molecule has 0 saturated carbocycles. The third-order valence-electron chi connectivity index (χ3n) is 12.3. The molecule has 1 atom stereocenters. The van der Waals surface area contributed by atoms with Crippen LogP contribution < -0.4 is 0 Å². The van der Waals surface area contributed by atoms with Gasteiger partial charge >= 0.3 is 17.9 Å². The third kappa shape index (κ3) is 60.0. The van der Waals surface area contributed by atoms with Crippen molar-refractivity contribution in [3.8, 4) is 0 Å². The van der Waals surface area contributed by atoms with Crippen molar-refractivity contribution in [1.82, 2.24) is 0 Å². The van der Waals surface area contributed by atoms with Crippen molar-refractivity contribution >= 4 is 17.9 Å². The molecule has 6 heteroatoms. The van der Waals surface area contributed by atoms with E-state index in [0.717, 1.165) is 161 Å². The molecule has 0 aromatic rings. The van der Waals surface area contributed by atoms with Crippen LogP contribution in [0.2, 0.25) is 0 Å². The standard InChI is InChI=1S/C69H110O6/c1-4-7-10-13-16-18-20-22-24-25-26-27-28-29-30-31-32-33-34-35-36-37-38-39-40-41-42-43-45-46-48-50-53-56-59-62-68(71)74-65-66(64-73-67(70)61-58-55-52-15-12-9-6-3)75-69(72)63-60-57-54-51-49-47-44-23-21-19-17-14-11-8-5-2/h7-8,10-11,16-19,22-24,26-27,29-30,32-33,35-36,38-39,41-42,44,66H,4-6,9,12-15,20-21,25,28,31,34,37,40,43,45-65H2,1-3H3/b10-7-,11-8-,18-16-,19-17-,24-22-,27-26-,30-29-,33-32-,36-35-,39-38-,42-41-,44-23-. The maximum atomic E-state index is 12.8. The number of allylic oxidation sites excluding steroid dienone is 24. The Morgan fingerprint density at radius 1 is 0.280 bits per heavy atom. The molecule has 0 aromatic heterocycles. The summed E-state index contributed by atoms with van der Waals surface area (Å²) in [6, 6.07) is 0. The second-order valence-corrected chi connectivity index (χ2v) is 19.5. The smallest absolute Gasteiger partial charge is 0.306 e. The van der Waals surface area contributed by atoms with Gasteiger partial charge in [-0.2, -0.15) is 0 Å². The predicted octanol–water partition coefficient (Wildman–Crippen LogP) is 20.8. The first-order chi connectivity index (χ1) is 37.0. The Bertz CT molecular complexity index is 1660. The summed E-state index contributed by atoms with van der Waals surface area (Å²) in [6.07, 6.45) is 88.7. The van der Waals surface area contributed by atoms with Crippen molar-refractivity contribution in [3.63, 3.8) is 0 Å². The largest absolute Gasteiger partial charge is 0.462 e. The lowest BCUT2D eigenvalue weighted by molar-refractivity contribution is -0.167. The van der Waals surface area contributed by atoms with Crippen LogP contribution in [0.15, 0.2) is 146 Å². The first kappa shape index (κ1) is 70.3. The molecule has 422 valence electrons. The number of carbonyl (C=O) groups excluding carboxylic acids is 3. The lowest BCUT2D eigenvalue weighted by atomic mass is 10.1. The van der Waals surface area contributed by atoms with Gasteiger partial charge in [0.15, 0.2) is 6.10 Å². The summed E-state index contributed by atoms with van der Waals surface area (Å²) in [4.78, 5) is 37.9. The highest BCUT2D eigenvalue weighted by molar-refractivity contribution is 5.71. The van der Waals surface area contributed by atoms with Crippen molar-refractivity contribution in [1.29, 1.82) is 0 Å². The molecule has 0 fully saturated rings. The summed E-state index contributed by atoms with van der Waals surface area (Å²) in [7, 11) is 0. The minimum Gasteiger partial charge on any atom is -0.462 e. The van der Waals surface area contributed by atoms with Gasteiger partial charge in [0, 0.05) is 19.3 Å². The van der Waals surface area contributed by atoms with Crippen LogP contribution in [0, 0.1) is 0 Å². The van der Waals surface area contributed by atoms with Crippen molar-refractivity contribution in [2.45, 2.75) is 258 Å². The summed E-state index contributed by atoms with van der Waals surface area (Å²) in [5.41, 5.74) is 0. The Kier molecular flexibility index (Phi) is 58.0. The van der Waals surface area contributed by atoms with Crippen LogP contribution in [0.5, 0.6) is 0 Å². The number of rotatable bonds is 53. The SMILES string of the molecule is CC/C=C\C/C=C\C/C=C\C/C=C\C/C=C\C/C=C\C/C=C\C/C=C\C/C=C\CCCCCCCCCC(=O)OCC(COC(=O)CCCCCCCCC)OC(=O)CCCCCCC/C=C\C/C=C\C/C=C\CC. The Morgan fingerprint density at radius 3 is 0.813 bits per heavy atom. The van der Waals surface area contributed by atoms with Crippen molar-refractivity contribution in [2.24, 2.45) is 0 Å². The molecule has 0 radical (unpaired) electrons. The molecule has 0 aliphatic heterocycles. The van der Waals surface area contributed by atoms with Crippen LogP contribution in [0.25, 0.3) is 0 Å². The minimum absolute atomic E-state index is 0.0917. The third-order valence-corrected chi connectivity index (χ3v) is 12.3. The first-order valence-corrected chi connectivity index (χ1v) is 30.3. The van der Waals surface area contributed by atoms with Gasteiger partial charge in [-0.25, -0.2) is 0 Å². The molecular weight excluding hydrogens is 925 g/mol. The molecule has 0 aliphatic carbocycles. The number of unbranched alkanes of at least 4 members (excludes halogenated alkanes) is 18. The Hall–Kier alpha value is -4.71. The molecule has 0 rings (SSSR count). The van der Waals surface area contributed by atoms with Gasteiger partial charge in [0.25, 0.3) is 0 Å². The normalized spacial score (nSPS) is 13.2. The van der Waals surface area contributed by atoms with E-state index < -0.39 is 6.10 Å². The zero-order valence-corrected chi connectivity index (χ0v) is 48.3. The fraction of sp³-hybridized carbons (Fsp3) is 0.609. The van der Waals surface area contributed by atoms with Crippen molar-refractivity contribution in [3.05, 3.63) is 146 Å². The lowest BCUT2D eigenvalue weighted by Gasteiger charge is -2.18. The number of hydrogen-bond donors (Lipinski definition) is 0. The second-order valence-electron chi connectivity index (χ2n) is 19.5. The van der Waals surface area contributed by atoms with Crippen LogP contribution in [0.1, 0.15) is 252 Å². The molecule has 0 N–H and O–H groups in total. The zero-order chi connectivity index (χ0) is 54.3. The molecule has 0 bridgehead atoms. The fourth-order valence-electron chi connectivity index (χ4n) is 7.86. The highest BCUT2D eigenvalue weighted by atomic mass is 16.6. The maximum absolute atomic E-state index is 12.8. The monoisotopic (exact) mass is 1030 g/mol. The van der Waals surface area contributed by atoms with Crippen LogP contribution in [0.3, 0.4) is 0 Å². The molecule has 0 spiro atoms. The van der Waals surface area contributed by atoms with E-state index in [1.807, 2.05) is 0 Å². The molecule has 0 aromatic carbocycles. The van der Waals surface area contributed by atoms with E-state index in [4.69, 9.17) is 14.2 Å². The van der Waals surface area contributed by atoms with Gasteiger partial charge in [0.1, 0.15) is 13.2 Å². The van der Waals surface area contributed by atoms with Crippen LogP contribution in [0.4, 0.5) is 0 Å². The second kappa shape index (κ2) is 61.8. The van der Waals surface area contributed by atoms with Crippen molar-refractivity contribution in [2.75, 3.05) is 13.2 Å². The summed E-state index contributed by atoms with van der Waals surface area (Å²) in [5.74, 6) is -0.932. The number of carbonyl (C=O) groups is 3.